The van der Waals surface area contributed by atoms with Crippen LogP contribution in [0.25, 0.3) is 0 Å². The van der Waals surface area contributed by atoms with Crippen LogP contribution < -0.4 is 0 Å². The molecule has 0 aromatic carbocycles. The molecule has 16 atom stereocenters. The van der Waals surface area contributed by atoms with E-state index in [0.29, 0.717) is 25.8 Å². The minimum atomic E-state index is -0.695. The number of carbonyl (C=O) groups is 8. The minimum Gasteiger partial charge on any atom is -0.469 e. The molecule has 0 aromatic heterocycles. The zero-order chi connectivity index (χ0) is 39.4. The van der Waals surface area contributed by atoms with Crippen LogP contribution in [0.2, 0.25) is 0 Å². The number of fused-ring (bicyclic) bond motifs is 2. The molecule has 5 heterocycles. The van der Waals surface area contributed by atoms with Gasteiger partial charge in [-0.1, -0.05) is 50.0 Å². The second-order valence-corrected chi connectivity index (χ2v) is 14.9. The lowest BCUT2D eigenvalue weighted by Crippen LogP contribution is -2.36. The Hall–Kier alpha value is -3.96. The zero-order valence-corrected chi connectivity index (χ0v) is 31.3. The molecule has 0 spiro atoms. The summed E-state index contributed by atoms with van der Waals surface area (Å²) in [5.74, 6) is -7.03. The maximum Gasteiger partial charge on any atom is 0.320 e. The van der Waals surface area contributed by atoms with Crippen LogP contribution in [0, 0.1) is 59.2 Å². The summed E-state index contributed by atoms with van der Waals surface area (Å²) in [6, 6.07) is 0. The fourth-order valence-electron chi connectivity index (χ4n) is 9.91. The van der Waals surface area contributed by atoms with Crippen LogP contribution in [0.4, 0.5) is 0 Å². The minimum absolute atomic E-state index is 0. The third kappa shape index (κ3) is 10.1. The lowest BCUT2D eigenvalue weighted by Gasteiger charge is -2.26. The highest BCUT2D eigenvalue weighted by atomic mass is 16.6. The summed E-state index contributed by atoms with van der Waals surface area (Å²) in [4.78, 5) is 94.1. The lowest BCUT2D eigenvalue weighted by molar-refractivity contribution is -0.160. The number of hydrogen-bond donors (Lipinski definition) is 0. The first-order valence-electron chi connectivity index (χ1n) is 18.6. The number of esters is 6. The van der Waals surface area contributed by atoms with Crippen molar-refractivity contribution in [2.45, 2.75) is 126 Å². The fourth-order valence-corrected chi connectivity index (χ4v) is 9.91. The number of methoxy groups -OCH3 is 2. The van der Waals surface area contributed by atoms with Gasteiger partial charge in [0.25, 0.3) is 12.9 Å². The predicted molar refractivity (Wildman–Crippen MR) is 204 cm³/mol. The molecule has 6 fully saturated rings. The third-order valence-corrected chi connectivity index (χ3v) is 12.3. The van der Waals surface area contributed by atoms with E-state index in [0.717, 1.165) is 12.8 Å². The topological polar surface area (TPSA) is 220 Å². The van der Waals surface area contributed by atoms with Crippen molar-refractivity contribution >= 4 is 48.8 Å². The molecule has 58 heavy (non-hydrogen) atoms. The summed E-state index contributed by atoms with van der Waals surface area (Å²) in [6.07, 6.45) is 0.112. The van der Waals surface area contributed by atoms with Crippen LogP contribution in [-0.2, 0) is 81.0 Å². The van der Waals surface area contributed by atoms with Crippen LogP contribution in [0.15, 0.2) is 0 Å². The van der Waals surface area contributed by atoms with Gasteiger partial charge in [0.15, 0.2) is 0 Å². The van der Waals surface area contributed by atoms with E-state index in [1.165, 1.54) is 14.2 Å². The molecule has 0 N–H and O–H groups in total. The van der Waals surface area contributed by atoms with Gasteiger partial charge in [0.2, 0.25) is 0 Å². The Morgan fingerprint density at radius 3 is 1.48 bits per heavy atom. The van der Waals surface area contributed by atoms with Crippen LogP contribution in [0.3, 0.4) is 0 Å². The van der Waals surface area contributed by atoms with Gasteiger partial charge < -0.3 is 42.6 Å². The molecular weight excluding hydrogens is 764 g/mol. The Morgan fingerprint density at radius 2 is 1.03 bits per heavy atom. The van der Waals surface area contributed by atoms with Gasteiger partial charge in [-0.2, -0.15) is 0 Å². The Balaban J connectivity index is 0.000000543. The molecule has 1 aliphatic carbocycles. The molecule has 0 bridgehead atoms. The van der Waals surface area contributed by atoms with Crippen LogP contribution in [0.5, 0.6) is 0 Å². The average molecular weight is 831 g/mol. The molecule has 0 amide bonds. The van der Waals surface area contributed by atoms with Crippen LogP contribution in [-0.4, -0.2) is 113 Å². The van der Waals surface area contributed by atoms with Crippen molar-refractivity contribution in [2.24, 2.45) is 59.2 Å². The Kier molecular flexibility index (Phi) is 20.1. The molecule has 6 rings (SSSR count). The summed E-state index contributed by atoms with van der Waals surface area (Å²) < 4.78 is 47.2. The van der Waals surface area contributed by atoms with Crippen molar-refractivity contribution in [2.75, 3.05) is 27.4 Å². The van der Waals surface area contributed by atoms with E-state index in [1.54, 1.807) is 13.8 Å². The molecule has 17 nitrogen and oxygen atoms in total. The smallest absolute Gasteiger partial charge is 0.320 e. The third-order valence-electron chi connectivity index (χ3n) is 12.3. The highest BCUT2D eigenvalue weighted by Crippen LogP contribution is 2.50. The number of carbonyl (C=O) groups excluding carboxylic acids is 8. The molecule has 5 saturated heterocycles. The molecule has 17 heteroatoms. The van der Waals surface area contributed by atoms with Crippen molar-refractivity contribution in [1.82, 2.24) is 0 Å². The standard InChI is InChI=1S/C19H26O8.C18H24O9.4CH4/c1-4-10-5-11(15(17(21)24-3)12(10)7-25-8-20)6-13-16-14(9(2)26-13)18(22)27-19(16)23;1-4-10-9(6-24-7-19)14(16(20)23-3)11(26-10)5-12-15-13(8(2)25-12)17(21)27-18(15)22;;;;/h8-16H,4-7H2,1-3H3;7-15H,4-6H2,1-3H3;4*1H4. The van der Waals surface area contributed by atoms with Gasteiger partial charge in [-0.25, -0.2) is 0 Å². The van der Waals surface area contributed by atoms with E-state index in [-0.39, 0.29) is 85.1 Å². The number of rotatable bonds is 14. The SMILES string of the molecule is C.C.C.C.CCC1CC(CC2OC(C)C3C(=O)OC(=O)C23)C(C(=O)OC)C1COC=O.CCC1OC(CC2OC(C)C3C(=O)OC(=O)C23)C(C(=O)OC)C1COC=O. The highest BCUT2D eigenvalue weighted by Gasteiger charge is 2.60. The van der Waals surface area contributed by atoms with Gasteiger partial charge in [-0.3, -0.25) is 38.4 Å². The maximum absolute atomic E-state index is 12.5. The van der Waals surface area contributed by atoms with E-state index < -0.39 is 95.9 Å². The average Bonchev–Trinajstić information content (AvgIpc) is 3.97. The molecule has 0 aromatic rings. The maximum atomic E-state index is 12.5. The number of ether oxygens (including phenoxy) is 9. The number of cyclic esters (lactones) is 4. The summed E-state index contributed by atoms with van der Waals surface area (Å²) in [5.41, 5.74) is 0. The molecule has 1 saturated carbocycles. The summed E-state index contributed by atoms with van der Waals surface area (Å²) in [7, 11) is 2.63. The van der Waals surface area contributed by atoms with E-state index in [9.17, 15) is 38.4 Å². The second kappa shape index (κ2) is 22.4. The summed E-state index contributed by atoms with van der Waals surface area (Å²) in [6.45, 7) is 8.35. The monoisotopic (exact) mass is 830 g/mol. The first-order valence-corrected chi connectivity index (χ1v) is 18.6. The van der Waals surface area contributed by atoms with Gasteiger partial charge >= 0.3 is 35.8 Å². The number of hydrogen-bond acceptors (Lipinski definition) is 17. The van der Waals surface area contributed by atoms with Gasteiger partial charge in [0.05, 0.1) is 99.6 Å². The first kappa shape index (κ1) is 52.1. The van der Waals surface area contributed by atoms with Gasteiger partial charge in [0, 0.05) is 18.3 Å². The summed E-state index contributed by atoms with van der Waals surface area (Å²) >= 11 is 0. The lowest BCUT2D eigenvalue weighted by atomic mass is 9.81. The van der Waals surface area contributed by atoms with Crippen LogP contribution >= 0.6 is 0 Å². The Morgan fingerprint density at radius 1 is 0.586 bits per heavy atom. The highest BCUT2D eigenvalue weighted by molar-refractivity contribution is 5.98. The van der Waals surface area contributed by atoms with Crippen molar-refractivity contribution < 1.29 is 81.0 Å². The first-order chi connectivity index (χ1) is 25.8. The Labute approximate surface area is 342 Å². The molecule has 6 aliphatic rings. The van der Waals surface area contributed by atoms with Gasteiger partial charge in [-0.15, -0.1) is 0 Å². The molecule has 332 valence electrons. The molecule has 5 aliphatic heterocycles. The van der Waals surface area contributed by atoms with E-state index >= 15 is 0 Å². The van der Waals surface area contributed by atoms with E-state index in [4.69, 9.17) is 42.6 Å². The van der Waals surface area contributed by atoms with Crippen molar-refractivity contribution in [3.05, 3.63) is 0 Å². The predicted octanol–water partition coefficient (Wildman–Crippen LogP) is 3.88. The quantitative estimate of drug-likeness (QED) is 0.105. The molecule has 16 unspecified atom stereocenters. The summed E-state index contributed by atoms with van der Waals surface area (Å²) in [5, 5.41) is 0. The van der Waals surface area contributed by atoms with Gasteiger partial charge in [-0.05, 0) is 44.9 Å². The fraction of sp³-hybridized carbons (Fsp3) is 0.805. The molecular formula is C41H66O17. The van der Waals surface area contributed by atoms with Crippen LogP contribution in [0.1, 0.15) is 89.5 Å². The largest absolute Gasteiger partial charge is 0.469 e. The van der Waals surface area contributed by atoms with Crippen molar-refractivity contribution in [3.8, 4) is 0 Å². The Bertz CT molecular complexity index is 1340. The van der Waals surface area contributed by atoms with E-state index in [2.05, 4.69) is 0 Å². The van der Waals surface area contributed by atoms with E-state index in [1.807, 2.05) is 13.8 Å². The molecule has 0 radical (unpaired) electrons. The van der Waals surface area contributed by atoms with Crippen molar-refractivity contribution in [1.29, 1.82) is 0 Å². The second-order valence-electron chi connectivity index (χ2n) is 14.9. The zero-order valence-electron chi connectivity index (χ0n) is 31.3. The van der Waals surface area contributed by atoms with Gasteiger partial charge in [0.1, 0.15) is 0 Å². The normalized spacial score (nSPS) is 37.8. The van der Waals surface area contributed by atoms with Crippen molar-refractivity contribution in [3.63, 3.8) is 0 Å².